The minimum Gasteiger partial charge on any atom is -0.481 e. The molecule has 0 amide bonds. The molecule has 1 aromatic rings. The molecule has 1 atom stereocenters. The highest BCUT2D eigenvalue weighted by molar-refractivity contribution is 6.31. The molecule has 1 aliphatic rings. The van der Waals surface area contributed by atoms with Gasteiger partial charge in [-0.25, -0.2) is 4.39 Å². The molecule has 1 fully saturated rings. The average Bonchev–Trinajstić information content (AvgIpc) is 2.95. The summed E-state index contributed by atoms with van der Waals surface area (Å²) in [5.41, 5.74) is 0.395. The number of rotatable bonds is 3. The van der Waals surface area contributed by atoms with Crippen molar-refractivity contribution in [1.29, 1.82) is 0 Å². The summed E-state index contributed by atoms with van der Waals surface area (Å²) >= 11 is 5.88. The lowest BCUT2D eigenvalue weighted by Crippen LogP contribution is -2.14. The first-order valence-corrected chi connectivity index (χ1v) is 5.15. The number of hydrogen-bond acceptors (Lipinski definition) is 1. The number of halogens is 2. The number of aliphatic carboxylic acids is 1. The van der Waals surface area contributed by atoms with Gasteiger partial charge in [-0.05, 0) is 42.5 Å². The zero-order chi connectivity index (χ0) is 11.0. The molecule has 15 heavy (non-hydrogen) atoms. The molecule has 1 N–H and O–H groups in total. The standard InChI is InChI=1S/C11H10ClFO2/c12-9-4-3-7(13)5-8(9)10(11(14)15)6-1-2-6/h3-6,10H,1-2H2,(H,14,15). The molecule has 1 aliphatic carbocycles. The van der Waals surface area contributed by atoms with Crippen LogP contribution in [0.5, 0.6) is 0 Å². The lowest BCUT2D eigenvalue weighted by Gasteiger charge is -2.13. The Kier molecular flexibility index (Phi) is 2.65. The Labute approximate surface area is 91.7 Å². The largest absolute Gasteiger partial charge is 0.481 e. The molecule has 2 rings (SSSR count). The van der Waals surface area contributed by atoms with Crippen LogP contribution in [0.2, 0.25) is 5.02 Å². The maximum absolute atomic E-state index is 13.0. The third kappa shape index (κ3) is 2.12. The van der Waals surface area contributed by atoms with Crippen molar-refractivity contribution in [2.75, 3.05) is 0 Å². The van der Waals surface area contributed by atoms with Gasteiger partial charge in [-0.15, -0.1) is 0 Å². The molecule has 0 saturated heterocycles. The fourth-order valence-electron chi connectivity index (χ4n) is 1.77. The molecule has 2 nitrogen and oxygen atoms in total. The van der Waals surface area contributed by atoms with E-state index in [9.17, 15) is 9.18 Å². The second kappa shape index (κ2) is 3.81. The van der Waals surface area contributed by atoms with Crippen molar-refractivity contribution in [3.05, 3.63) is 34.6 Å². The summed E-state index contributed by atoms with van der Waals surface area (Å²) in [6, 6.07) is 3.86. The molecule has 1 aromatic carbocycles. The number of hydrogen-bond donors (Lipinski definition) is 1. The smallest absolute Gasteiger partial charge is 0.311 e. The monoisotopic (exact) mass is 228 g/mol. The van der Waals surface area contributed by atoms with Crippen molar-refractivity contribution in [3.63, 3.8) is 0 Å². The van der Waals surface area contributed by atoms with Gasteiger partial charge in [0.15, 0.2) is 0 Å². The van der Waals surface area contributed by atoms with Crippen LogP contribution >= 0.6 is 11.6 Å². The Balaban J connectivity index is 2.40. The molecule has 4 heteroatoms. The van der Waals surface area contributed by atoms with Gasteiger partial charge in [-0.1, -0.05) is 11.6 Å². The van der Waals surface area contributed by atoms with Crippen molar-refractivity contribution in [2.45, 2.75) is 18.8 Å². The summed E-state index contributed by atoms with van der Waals surface area (Å²) < 4.78 is 13.0. The zero-order valence-electron chi connectivity index (χ0n) is 7.91. The fourth-order valence-corrected chi connectivity index (χ4v) is 2.01. The van der Waals surface area contributed by atoms with Crippen molar-refractivity contribution in [1.82, 2.24) is 0 Å². The number of benzene rings is 1. The minimum absolute atomic E-state index is 0.113. The van der Waals surface area contributed by atoms with Gasteiger partial charge in [0.05, 0.1) is 5.92 Å². The van der Waals surface area contributed by atoms with Crippen molar-refractivity contribution >= 4 is 17.6 Å². The molecule has 80 valence electrons. The Morgan fingerprint density at radius 2 is 2.20 bits per heavy atom. The van der Waals surface area contributed by atoms with Crippen molar-refractivity contribution < 1.29 is 14.3 Å². The van der Waals surface area contributed by atoms with E-state index in [1.807, 2.05) is 0 Å². The normalized spacial score (nSPS) is 17.5. The fraction of sp³-hybridized carbons (Fsp3) is 0.364. The second-order valence-electron chi connectivity index (χ2n) is 3.82. The third-order valence-electron chi connectivity index (χ3n) is 2.65. The highest BCUT2D eigenvalue weighted by atomic mass is 35.5. The van der Waals surface area contributed by atoms with Crippen LogP contribution in [0.25, 0.3) is 0 Å². The molecule has 0 heterocycles. The quantitative estimate of drug-likeness (QED) is 0.863. The molecule has 1 saturated carbocycles. The minimum atomic E-state index is -0.926. The molecule has 0 spiro atoms. The van der Waals surface area contributed by atoms with E-state index in [-0.39, 0.29) is 5.92 Å². The van der Waals surface area contributed by atoms with Crippen LogP contribution in [0, 0.1) is 11.7 Å². The summed E-state index contributed by atoms with van der Waals surface area (Å²) in [6.45, 7) is 0. The first-order chi connectivity index (χ1) is 7.09. The molecule has 0 aliphatic heterocycles. The van der Waals surface area contributed by atoms with Crippen LogP contribution in [0.1, 0.15) is 24.3 Å². The number of carboxylic acid groups (broad SMARTS) is 1. The molecule has 0 aromatic heterocycles. The van der Waals surface area contributed by atoms with E-state index in [1.54, 1.807) is 0 Å². The van der Waals surface area contributed by atoms with Crippen LogP contribution in [0.3, 0.4) is 0 Å². The predicted molar refractivity (Wildman–Crippen MR) is 54.5 cm³/mol. The average molecular weight is 229 g/mol. The van der Waals surface area contributed by atoms with Crippen molar-refractivity contribution in [3.8, 4) is 0 Å². The summed E-state index contributed by atoms with van der Waals surface area (Å²) in [5, 5.41) is 9.40. The van der Waals surface area contributed by atoms with Crippen LogP contribution in [-0.2, 0) is 4.79 Å². The molecule has 0 bridgehead atoms. The zero-order valence-corrected chi connectivity index (χ0v) is 8.67. The van der Waals surface area contributed by atoms with E-state index in [1.165, 1.54) is 18.2 Å². The first-order valence-electron chi connectivity index (χ1n) is 4.77. The molecule has 1 unspecified atom stereocenters. The highest BCUT2D eigenvalue weighted by Gasteiger charge is 2.38. The van der Waals surface area contributed by atoms with E-state index in [2.05, 4.69) is 0 Å². The summed E-state index contributed by atoms with van der Waals surface area (Å²) in [6.07, 6.45) is 1.76. The number of carbonyl (C=O) groups is 1. The van der Waals surface area contributed by atoms with Gasteiger partial charge < -0.3 is 5.11 Å². The third-order valence-corrected chi connectivity index (χ3v) is 3.00. The Hall–Kier alpha value is -1.09. The second-order valence-corrected chi connectivity index (χ2v) is 4.23. The van der Waals surface area contributed by atoms with Gasteiger partial charge in [0.1, 0.15) is 5.82 Å². The highest BCUT2D eigenvalue weighted by Crippen LogP contribution is 2.44. The van der Waals surface area contributed by atoms with E-state index < -0.39 is 17.7 Å². The topological polar surface area (TPSA) is 37.3 Å². The van der Waals surface area contributed by atoms with Gasteiger partial charge in [0.2, 0.25) is 0 Å². The van der Waals surface area contributed by atoms with E-state index in [0.717, 1.165) is 12.8 Å². The lowest BCUT2D eigenvalue weighted by molar-refractivity contribution is -0.139. The van der Waals surface area contributed by atoms with Crippen LogP contribution in [0.15, 0.2) is 18.2 Å². The maximum atomic E-state index is 13.0. The van der Waals surface area contributed by atoms with E-state index in [4.69, 9.17) is 16.7 Å². The predicted octanol–water partition coefficient (Wildman–Crippen LogP) is 3.06. The van der Waals surface area contributed by atoms with Gasteiger partial charge in [0.25, 0.3) is 0 Å². The molecule has 0 radical (unpaired) electrons. The van der Waals surface area contributed by atoms with Crippen molar-refractivity contribution in [2.24, 2.45) is 5.92 Å². The SMILES string of the molecule is O=C(O)C(c1cc(F)ccc1Cl)C1CC1. The Morgan fingerprint density at radius 1 is 1.53 bits per heavy atom. The van der Waals surface area contributed by atoms with E-state index in [0.29, 0.717) is 10.6 Å². The van der Waals surface area contributed by atoms with Gasteiger partial charge in [-0.2, -0.15) is 0 Å². The van der Waals surface area contributed by atoms with Crippen LogP contribution < -0.4 is 0 Å². The number of carboxylic acids is 1. The summed E-state index contributed by atoms with van der Waals surface area (Å²) in [5.74, 6) is -1.92. The molecular formula is C11H10ClFO2. The summed E-state index contributed by atoms with van der Waals surface area (Å²) in [7, 11) is 0. The Bertz CT molecular complexity index is 402. The summed E-state index contributed by atoms with van der Waals surface area (Å²) in [4.78, 5) is 11.1. The molecular weight excluding hydrogens is 219 g/mol. The lowest BCUT2D eigenvalue weighted by atomic mass is 9.94. The van der Waals surface area contributed by atoms with Gasteiger partial charge in [-0.3, -0.25) is 4.79 Å². The van der Waals surface area contributed by atoms with Crippen LogP contribution in [-0.4, -0.2) is 11.1 Å². The Morgan fingerprint density at radius 3 is 2.73 bits per heavy atom. The van der Waals surface area contributed by atoms with Gasteiger partial charge in [0, 0.05) is 5.02 Å². The first kappa shape index (κ1) is 10.4. The van der Waals surface area contributed by atoms with Crippen LogP contribution in [0.4, 0.5) is 4.39 Å². The maximum Gasteiger partial charge on any atom is 0.311 e. The van der Waals surface area contributed by atoms with E-state index >= 15 is 0 Å². The van der Waals surface area contributed by atoms with Gasteiger partial charge >= 0.3 is 5.97 Å².